The van der Waals surface area contributed by atoms with Crippen LogP contribution in [-0.4, -0.2) is 26.1 Å². The summed E-state index contributed by atoms with van der Waals surface area (Å²) in [6.45, 7) is 1.70. The van der Waals surface area contributed by atoms with Crippen LogP contribution in [0.25, 0.3) is 0 Å². The number of hydrogen-bond acceptors (Lipinski definition) is 4. The molecule has 1 aliphatic rings. The van der Waals surface area contributed by atoms with Gasteiger partial charge in [0.2, 0.25) is 5.28 Å². The lowest BCUT2D eigenvalue weighted by atomic mass is 10.0. The van der Waals surface area contributed by atoms with E-state index in [0.717, 1.165) is 11.0 Å². The molecule has 1 aliphatic heterocycles. The summed E-state index contributed by atoms with van der Waals surface area (Å²) in [4.78, 5) is 20.4. The fourth-order valence-electron chi connectivity index (χ4n) is 2.83. The normalized spacial score (nSPS) is 14.5. The van der Waals surface area contributed by atoms with Gasteiger partial charge < -0.3 is 10.4 Å². The standard InChI is InChI=1S/C16H14ClF3N4O2/c1-7(8-3-2-4-9(12(8)18)13(19)20)21-14-10-5-24(16(25)26)6-11(10)22-15(17)23-14/h2-4,7,13H,5-6H2,1H3,(H,25,26)(H,21,22,23)/t7-/m1/s1. The van der Waals surface area contributed by atoms with Crippen molar-refractivity contribution in [3.05, 3.63) is 51.7 Å². The maximum atomic E-state index is 14.3. The van der Waals surface area contributed by atoms with Crippen molar-refractivity contribution in [1.29, 1.82) is 0 Å². The summed E-state index contributed by atoms with van der Waals surface area (Å²) in [5.74, 6) is -0.746. The van der Waals surface area contributed by atoms with Crippen molar-refractivity contribution in [3.8, 4) is 0 Å². The Kier molecular flexibility index (Phi) is 4.90. The highest BCUT2D eigenvalue weighted by Gasteiger charge is 2.29. The van der Waals surface area contributed by atoms with E-state index in [1.807, 2.05) is 0 Å². The first kappa shape index (κ1) is 18.2. The molecule has 1 amide bonds. The first-order chi connectivity index (χ1) is 12.3. The third-order valence-corrected chi connectivity index (χ3v) is 4.31. The minimum Gasteiger partial charge on any atom is -0.465 e. The van der Waals surface area contributed by atoms with Gasteiger partial charge in [-0.15, -0.1) is 0 Å². The van der Waals surface area contributed by atoms with Crippen molar-refractivity contribution in [2.75, 3.05) is 5.32 Å². The smallest absolute Gasteiger partial charge is 0.407 e. The molecule has 0 fully saturated rings. The second-order valence-corrected chi connectivity index (χ2v) is 6.16. The average molecular weight is 387 g/mol. The van der Waals surface area contributed by atoms with Gasteiger partial charge in [-0.25, -0.2) is 27.9 Å². The molecule has 6 nitrogen and oxygen atoms in total. The number of amides is 1. The third kappa shape index (κ3) is 3.39. The van der Waals surface area contributed by atoms with E-state index in [4.69, 9.17) is 16.7 Å². The van der Waals surface area contributed by atoms with Gasteiger partial charge >= 0.3 is 6.09 Å². The molecule has 2 N–H and O–H groups in total. The van der Waals surface area contributed by atoms with Crippen molar-refractivity contribution in [2.24, 2.45) is 0 Å². The highest BCUT2D eigenvalue weighted by atomic mass is 35.5. The zero-order valence-corrected chi connectivity index (χ0v) is 14.3. The quantitative estimate of drug-likeness (QED) is 0.763. The van der Waals surface area contributed by atoms with E-state index in [-0.39, 0.29) is 29.8 Å². The molecule has 0 radical (unpaired) electrons. The molecular weight excluding hydrogens is 373 g/mol. The Morgan fingerprint density at radius 1 is 1.31 bits per heavy atom. The molecule has 0 saturated carbocycles. The number of carboxylic acid groups (broad SMARTS) is 1. The van der Waals surface area contributed by atoms with Gasteiger partial charge in [-0.05, 0) is 18.5 Å². The molecular formula is C16H14ClF3N4O2. The Labute approximate surface area is 151 Å². The number of nitrogens with zero attached hydrogens (tertiary/aromatic N) is 3. The van der Waals surface area contributed by atoms with Gasteiger partial charge in [-0.1, -0.05) is 18.2 Å². The van der Waals surface area contributed by atoms with E-state index in [9.17, 15) is 18.0 Å². The maximum Gasteiger partial charge on any atom is 0.407 e. The zero-order valence-electron chi connectivity index (χ0n) is 13.5. The minimum absolute atomic E-state index is 0.0411. The summed E-state index contributed by atoms with van der Waals surface area (Å²) < 4.78 is 40.1. The number of hydrogen-bond donors (Lipinski definition) is 2. The van der Waals surface area contributed by atoms with Crippen molar-refractivity contribution in [3.63, 3.8) is 0 Å². The lowest BCUT2D eigenvalue weighted by Gasteiger charge is -2.19. The molecule has 0 aliphatic carbocycles. The number of benzene rings is 1. The van der Waals surface area contributed by atoms with Crippen LogP contribution in [-0.2, 0) is 13.1 Å². The molecule has 3 rings (SSSR count). The van der Waals surface area contributed by atoms with Crippen LogP contribution in [0.15, 0.2) is 18.2 Å². The fraction of sp³-hybridized carbons (Fsp3) is 0.312. The van der Waals surface area contributed by atoms with Crippen LogP contribution in [0.5, 0.6) is 0 Å². The second kappa shape index (κ2) is 6.99. The molecule has 0 saturated heterocycles. The zero-order chi connectivity index (χ0) is 19.0. The second-order valence-electron chi connectivity index (χ2n) is 5.82. The maximum absolute atomic E-state index is 14.3. The molecule has 0 spiro atoms. The van der Waals surface area contributed by atoms with Gasteiger partial charge in [0.15, 0.2) is 0 Å². The van der Waals surface area contributed by atoms with Gasteiger partial charge in [0.05, 0.1) is 30.4 Å². The van der Waals surface area contributed by atoms with Crippen LogP contribution in [0, 0.1) is 5.82 Å². The van der Waals surface area contributed by atoms with Gasteiger partial charge in [0.1, 0.15) is 11.6 Å². The Bertz CT molecular complexity index is 866. The van der Waals surface area contributed by atoms with Gasteiger partial charge in [0, 0.05) is 11.1 Å². The Balaban J connectivity index is 1.91. The van der Waals surface area contributed by atoms with E-state index >= 15 is 0 Å². The van der Waals surface area contributed by atoms with E-state index in [1.54, 1.807) is 6.92 Å². The number of alkyl halides is 2. The lowest BCUT2D eigenvalue weighted by Crippen LogP contribution is -2.23. The average Bonchev–Trinajstić information content (AvgIpc) is 2.99. The minimum atomic E-state index is -2.93. The first-order valence-corrected chi connectivity index (χ1v) is 8.02. The number of halogens is 4. The first-order valence-electron chi connectivity index (χ1n) is 7.64. The Morgan fingerprint density at radius 2 is 2.00 bits per heavy atom. The summed E-state index contributed by atoms with van der Waals surface area (Å²) in [5.41, 5.74) is 0.330. The highest BCUT2D eigenvalue weighted by molar-refractivity contribution is 6.28. The van der Waals surface area contributed by atoms with E-state index < -0.39 is 29.9 Å². The molecule has 10 heteroatoms. The predicted octanol–water partition coefficient (Wildman–Crippen LogP) is 4.37. The van der Waals surface area contributed by atoms with E-state index in [0.29, 0.717) is 11.3 Å². The highest BCUT2D eigenvalue weighted by Crippen LogP contribution is 2.32. The van der Waals surface area contributed by atoms with Gasteiger partial charge in [-0.2, -0.15) is 0 Å². The molecule has 0 unspecified atom stereocenters. The molecule has 1 atom stereocenters. The van der Waals surface area contributed by atoms with E-state index in [1.165, 1.54) is 12.1 Å². The topological polar surface area (TPSA) is 78.4 Å². The largest absolute Gasteiger partial charge is 0.465 e. The molecule has 2 heterocycles. The number of aromatic nitrogens is 2. The SMILES string of the molecule is C[C@@H](Nc1nc(Cl)nc2c1CN(C(=O)O)C2)c1cccc(C(F)F)c1F. The van der Waals surface area contributed by atoms with Crippen molar-refractivity contribution < 1.29 is 23.1 Å². The van der Waals surface area contributed by atoms with Gasteiger partial charge in [0.25, 0.3) is 6.43 Å². The van der Waals surface area contributed by atoms with Crippen molar-refractivity contribution in [1.82, 2.24) is 14.9 Å². The van der Waals surface area contributed by atoms with Crippen LogP contribution in [0.4, 0.5) is 23.8 Å². The Morgan fingerprint density at radius 3 is 2.65 bits per heavy atom. The molecule has 0 bridgehead atoms. The monoisotopic (exact) mass is 386 g/mol. The van der Waals surface area contributed by atoms with Gasteiger partial charge in [-0.3, -0.25) is 4.90 Å². The van der Waals surface area contributed by atoms with Crippen molar-refractivity contribution in [2.45, 2.75) is 32.5 Å². The molecule has 2 aromatic rings. The Hall–Kier alpha value is -2.55. The van der Waals surface area contributed by atoms with Crippen LogP contribution in [0.1, 0.15) is 41.8 Å². The summed E-state index contributed by atoms with van der Waals surface area (Å²) in [5, 5.41) is 12.0. The number of rotatable bonds is 4. The number of fused-ring (bicyclic) bond motifs is 1. The summed E-state index contributed by atoms with van der Waals surface area (Å²) >= 11 is 5.88. The van der Waals surface area contributed by atoms with Crippen LogP contribution < -0.4 is 5.32 Å². The molecule has 26 heavy (non-hydrogen) atoms. The molecule has 1 aromatic heterocycles. The number of carbonyl (C=O) groups is 1. The number of nitrogens with one attached hydrogen (secondary N) is 1. The molecule has 138 valence electrons. The lowest BCUT2D eigenvalue weighted by molar-refractivity contribution is 0.144. The predicted molar refractivity (Wildman–Crippen MR) is 87.7 cm³/mol. The third-order valence-electron chi connectivity index (χ3n) is 4.14. The van der Waals surface area contributed by atoms with Crippen LogP contribution >= 0.6 is 11.6 Å². The van der Waals surface area contributed by atoms with Crippen molar-refractivity contribution >= 4 is 23.5 Å². The van der Waals surface area contributed by atoms with E-state index in [2.05, 4.69) is 15.3 Å². The van der Waals surface area contributed by atoms with Crippen LogP contribution in [0.2, 0.25) is 5.28 Å². The fourth-order valence-corrected chi connectivity index (χ4v) is 3.02. The molecule has 1 aromatic carbocycles. The van der Waals surface area contributed by atoms with Crippen LogP contribution in [0.3, 0.4) is 0 Å². The summed E-state index contributed by atoms with van der Waals surface area (Å²) in [6, 6.07) is 3.07. The summed E-state index contributed by atoms with van der Waals surface area (Å²) in [7, 11) is 0. The number of anilines is 1. The summed E-state index contributed by atoms with van der Waals surface area (Å²) in [6.07, 6.45) is -4.04.